The molecule has 0 atom stereocenters. The molecule has 0 saturated heterocycles. The maximum atomic E-state index is 5.40. The number of nitrogens with one attached hydrogen (secondary N) is 2. The monoisotopic (exact) mass is 330 g/mol. The summed E-state index contributed by atoms with van der Waals surface area (Å²) >= 11 is 3.47. The lowest BCUT2D eigenvalue weighted by Crippen LogP contribution is -2.20. The fourth-order valence-electron chi connectivity index (χ4n) is 1.66. The van der Waals surface area contributed by atoms with Crippen molar-refractivity contribution in [3.63, 3.8) is 0 Å². The van der Waals surface area contributed by atoms with Crippen LogP contribution in [0.4, 0.5) is 5.69 Å². The van der Waals surface area contributed by atoms with Gasteiger partial charge < -0.3 is 10.2 Å². The molecular weight excluding hydrogens is 316 g/mol. The summed E-state index contributed by atoms with van der Waals surface area (Å²) in [5.41, 5.74) is 8.46. The number of hydrogen-bond donors (Lipinski definition) is 2. The van der Waals surface area contributed by atoms with Gasteiger partial charge in [-0.2, -0.15) is 0 Å². The van der Waals surface area contributed by atoms with Crippen molar-refractivity contribution >= 4 is 21.6 Å². The maximum absolute atomic E-state index is 5.40. The van der Waals surface area contributed by atoms with Crippen molar-refractivity contribution in [3.05, 3.63) is 58.6 Å². The highest BCUT2D eigenvalue weighted by atomic mass is 79.9. The number of terminal acetylenes is 1. The highest BCUT2D eigenvalue weighted by molar-refractivity contribution is 9.10. The van der Waals surface area contributed by atoms with Crippen LogP contribution < -0.4 is 15.6 Å². The average molecular weight is 331 g/mol. The Morgan fingerprint density at radius 2 is 1.95 bits per heavy atom. The van der Waals surface area contributed by atoms with Gasteiger partial charge in [-0.25, -0.2) is 5.43 Å². The van der Waals surface area contributed by atoms with Crippen LogP contribution >= 0.6 is 15.9 Å². The first-order valence-electron chi connectivity index (χ1n) is 6.18. The van der Waals surface area contributed by atoms with Crippen LogP contribution in [0.3, 0.4) is 0 Å². The summed E-state index contributed by atoms with van der Waals surface area (Å²) in [5.74, 6) is 3.20. The summed E-state index contributed by atoms with van der Waals surface area (Å²) < 4.78 is 6.29. The Morgan fingerprint density at radius 1 is 1.15 bits per heavy atom. The van der Waals surface area contributed by atoms with E-state index in [2.05, 4.69) is 32.7 Å². The van der Waals surface area contributed by atoms with Gasteiger partial charge in [-0.05, 0) is 45.8 Å². The predicted molar refractivity (Wildman–Crippen MR) is 85.4 cm³/mol. The molecule has 0 saturated carbocycles. The van der Waals surface area contributed by atoms with Gasteiger partial charge in [0.25, 0.3) is 0 Å². The van der Waals surface area contributed by atoms with Gasteiger partial charge >= 0.3 is 0 Å². The van der Waals surface area contributed by atoms with E-state index in [9.17, 15) is 0 Å². The van der Waals surface area contributed by atoms with E-state index in [1.165, 1.54) is 0 Å². The molecule has 0 aliphatic heterocycles. The normalized spacial score (nSPS) is 9.80. The number of halogens is 1. The second kappa shape index (κ2) is 7.59. The van der Waals surface area contributed by atoms with Crippen LogP contribution in [0.2, 0.25) is 0 Å². The maximum Gasteiger partial charge on any atom is 0.148 e. The quantitative estimate of drug-likeness (QED) is 0.627. The molecule has 20 heavy (non-hydrogen) atoms. The van der Waals surface area contributed by atoms with Crippen LogP contribution in [-0.2, 0) is 6.54 Å². The van der Waals surface area contributed by atoms with E-state index in [1.54, 1.807) is 0 Å². The summed E-state index contributed by atoms with van der Waals surface area (Å²) in [6.45, 7) is 0.967. The molecular formula is C16H15BrN2O. The lowest BCUT2D eigenvalue weighted by molar-refractivity contribution is 0.368. The Labute approximate surface area is 127 Å². The van der Waals surface area contributed by atoms with Crippen molar-refractivity contribution in [2.24, 2.45) is 0 Å². The zero-order valence-electron chi connectivity index (χ0n) is 10.9. The van der Waals surface area contributed by atoms with E-state index in [1.807, 2.05) is 48.5 Å². The molecule has 3 nitrogen and oxygen atoms in total. The molecule has 0 heterocycles. The molecule has 0 amide bonds. The minimum Gasteiger partial charge on any atom is -0.480 e. The fraction of sp³-hybridized carbons (Fsp3) is 0.125. The Balaban J connectivity index is 1.87. The SMILES string of the molecule is C#CCOc1ccc(CNNc2ccccc2)cc1Br. The molecule has 0 aliphatic rings. The molecule has 0 fully saturated rings. The molecule has 0 bridgehead atoms. The lowest BCUT2D eigenvalue weighted by Gasteiger charge is -2.10. The number of rotatable bonds is 6. The third kappa shape index (κ3) is 4.30. The van der Waals surface area contributed by atoms with Crippen LogP contribution in [0.15, 0.2) is 53.0 Å². The van der Waals surface area contributed by atoms with Gasteiger partial charge in [0.15, 0.2) is 0 Å². The van der Waals surface area contributed by atoms with Crippen LogP contribution in [-0.4, -0.2) is 6.61 Å². The molecule has 2 rings (SSSR count). The molecule has 2 N–H and O–H groups in total. The van der Waals surface area contributed by atoms with Gasteiger partial charge in [-0.3, -0.25) is 0 Å². The number of hydrazine groups is 1. The summed E-state index contributed by atoms with van der Waals surface area (Å²) in [5, 5.41) is 0. The topological polar surface area (TPSA) is 33.3 Å². The third-order valence-corrected chi connectivity index (χ3v) is 3.23. The second-order valence-corrected chi connectivity index (χ2v) is 4.96. The minimum atomic E-state index is 0.270. The van der Waals surface area contributed by atoms with Crippen molar-refractivity contribution in [1.82, 2.24) is 5.43 Å². The van der Waals surface area contributed by atoms with Crippen LogP contribution in [0.25, 0.3) is 0 Å². The molecule has 4 heteroatoms. The standard InChI is InChI=1S/C16H15BrN2O/c1-2-10-20-16-9-8-13(11-15(16)17)12-18-19-14-6-4-3-5-7-14/h1,3-9,11,18-19H,10,12H2. The number of benzene rings is 2. The summed E-state index contributed by atoms with van der Waals surface area (Å²) in [6, 6.07) is 15.9. The van der Waals surface area contributed by atoms with Gasteiger partial charge in [0.05, 0.1) is 4.47 Å². The third-order valence-electron chi connectivity index (χ3n) is 2.61. The Hall–Kier alpha value is -1.96. The molecule has 0 aromatic heterocycles. The highest BCUT2D eigenvalue weighted by Crippen LogP contribution is 2.25. The number of para-hydroxylation sites is 1. The number of anilines is 1. The second-order valence-electron chi connectivity index (χ2n) is 4.10. The molecule has 2 aromatic carbocycles. The number of ether oxygens (including phenoxy) is 1. The van der Waals surface area contributed by atoms with Crippen LogP contribution in [0.1, 0.15) is 5.56 Å². The van der Waals surface area contributed by atoms with E-state index in [-0.39, 0.29) is 6.61 Å². The Bertz CT molecular complexity index is 593. The van der Waals surface area contributed by atoms with E-state index in [0.29, 0.717) is 6.54 Å². The Kier molecular flexibility index (Phi) is 5.48. The smallest absolute Gasteiger partial charge is 0.148 e. The van der Waals surface area contributed by atoms with Crippen molar-refractivity contribution in [3.8, 4) is 18.1 Å². The van der Waals surface area contributed by atoms with Crippen molar-refractivity contribution in [2.45, 2.75) is 6.54 Å². The van der Waals surface area contributed by atoms with Gasteiger partial charge in [-0.15, -0.1) is 6.42 Å². The largest absolute Gasteiger partial charge is 0.480 e. The summed E-state index contributed by atoms with van der Waals surface area (Å²) in [4.78, 5) is 0. The minimum absolute atomic E-state index is 0.270. The van der Waals surface area contributed by atoms with Crippen molar-refractivity contribution in [1.29, 1.82) is 0 Å². The number of hydrogen-bond acceptors (Lipinski definition) is 3. The van der Waals surface area contributed by atoms with Gasteiger partial charge in [0.1, 0.15) is 12.4 Å². The van der Waals surface area contributed by atoms with E-state index in [4.69, 9.17) is 11.2 Å². The lowest BCUT2D eigenvalue weighted by atomic mass is 10.2. The van der Waals surface area contributed by atoms with Crippen molar-refractivity contribution < 1.29 is 4.74 Å². The molecule has 2 aromatic rings. The van der Waals surface area contributed by atoms with Crippen LogP contribution in [0.5, 0.6) is 5.75 Å². The summed E-state index contributed by atoms with van der Waals surface area (Å²) in [7, 11) is 0. The average Bonchev–Trinajstić information content (AvgIpc) is 2.47. The molecule has 0 spiro atoms. The predicted octanol–water partition coefficient (Wildman–Crippen LogP) is 3.58. The zero-order valence-corrected chi connectivity index (χ0v) is 12.5. The molecule has 0 radical (unpaired) electrons. The molecule has 0 unspecified atom stereocenters. The van der Waals surface area contributed by atoms with Crippen molar-refractivity contribution in [2.75, 3.05) is 12.0 Å². The van der Waals surface area contributed by atoms with Gasteiger partial charge in [0, 0.05) is 12.2 Å². The first kappa shape index (κ1) is 14.4. The highest BCUT2D eigenvalue weighted by Gasteiger charge is 2.02. The van der Waals surface area contributed by atoms with E-state index >= 15 is 0 Å². The summed E-state index contributed by atoms with van der Waals surface area (Å²) in [6.07, 6.45) is 5.17. The molecule has 102 valence electrons. The van der Waals surface area contributed by atoms with Gasteiger partial charge in [0.2, 0.25) is 0 Å². The Morgan fingerprint density at radius 3 is 2.65 bits per heavy atom. The van der Waals surface area contributed by atoms with Crippen LogP contribution in [0, 0.1) is 12.3 Å². The molecule has 0 aliphatic carbocycles. The first-order chi connectivity index (χ1) is 9.79. The first-order valence-corrected chi connectivity index (χ1v) is 6.97. The van der Waals surface area contributed by atoms with E-state index < -0.39 is 0 Å². The van der Waals surface area contributed by atoms with E-state index in [0.717, 1.165) is 21.5 Å². The fourth-order valence-corrected chi connectivity index (χ4v) is 2.20. The zero-order chi connectivity index (χ0) is 14.2. The van der Waals surface area contributed by atoms with Gasteiger partial charge in [-0.1, -0.05) is 30.2 Å².